The van der Waals surface area contributed by atoms with Gasteiger partial charge in [0.25, 0.3) is 0 Å². The molecule has 0 saturated carbocycles. The molecular weight excluding hydrogens is 256 g/mol. The van der Waals surface area contributed by atoms with Crippen molar-refractivity contribution >= 4 is 11.9 Å². The van der Waals surface area contributed by atoms with E-state index in [1.807, 2.05) is 0 Å². The first-order valence-corrected chi connectivity index (χ1v) is 7.44. The van der Waals surface area contributed by atoms with E-state index in [4.69, 9.17) is 4.74 Å². The Hall–Kier alpha value is -1.30. The molecule has 0 radical (unpaired) electrons. The van der Waals surface area contributed by atoms with Gasteiger partial charge in [0.2, 0.25) is 5.91 Å². The molecule has 0 unspecified atom stereocenters. The first-order valence-electron chi connectivity index (χ1n) is 7.44. The molecule has 0 aliphatic carbocycles. The number of hydrogen-bond donors (Lipinski definition) is 2. The van der Waals surface area contributed by atoms with E-state index < -0.39 is 0 Å². The van der Waals surface area contributed by atoms with Gasteiger partial charge in [-0.15, -0.1) is 0 Å². The number of nitrogens with zero attached hydrogens (tertiary/aromatic N) is 2. The molecule has 20 heavy (non-hydrogen) atoms. The molecule has 6 heteroatoms. The van der Waals surface area contributed by atoms with Gasteiger partial charge < -0.3 is 20.3 Å². The SMILES string of the molecule is CCNC(=NCCOC)N1CCC(CC(=O)NC)CC1. The maximum atomic E-state index is 11.4. The standard InChI is InChI=1S/C14H28N4O2/c1-4-16-14(17-7-10-20-3)18-8-5-12(6-9-18)11-13(19)15-2/h12H,4-11H2,1-3H3,(H,15,19)(H,16,17). The first-order chi connectivity index (χ1) is 9.71. The highest BCUT2D eigenvalue weighted by Crippen LogP contribution is 2.20. The van der Waals surface area contributed by atoms with Gasteiger partial charge in [-0.25, -0.2) is 0 Å². The molecule has 0 aromatic heterocycles. The second-order valence-electron chi connectivity index (χ2n) is 5.04. The zero-order valence-electron chi connectivity index (χ0n) is 12.9. The molecule has 1 amide bonds. The van der Waals surface area contributed by atoms with Crippen molar-refractivity contribution < 1.29 is 9.53 Å². The van der Waals surface area contributed by atoms with Crippen molar-refractivity contribution in [1.82, 2.24) is 15.5 Å². The van der Waals surface area contributed by atoms with E-state index in [2.05, 4.69) is 27.4 Å². The van der Waals surface area contributed by atoms with Crippen LogP contribution in [0.2, 0.25) is 0 Å². The molecule has 0 aromatic rings. The zero-order chi connectivity index (χ0) is 14.8. The maximum Gasteiger partial charge on any atom is 0.220 e. The Morgan fingerprint density at radius 3 is 2.65 bits per heavy atom. The van der Waals surface area contributed by atoms with Crippen LogP contribution in [-0.2, 0) is 9.53 Å². The number of hydrogen-bond acceptors (Lipinski definition) is 3. The van der Waals surface area contributed by atoms with Crippen LogP contribution in [0.3, 0.4) is 0 Å². The number of ether oxygens (including phenoxy) is 1. The van der Waals surface area contributed by atoms with Crippen LogP contribution in [0.1, 0.15) is 26.2 Å². The largest absolute Gasteiger partial charge is 0.383 e. The summed E-state index contributed by atoms with van der Waals surface area (Å²) < 4.78 is 5.03. The molecule has 0 atom stereocenters. The number of rotatable bonds is 6. The number of guanidine groups is 1. The Morgan fingerprint density at radius 1 is 1.40 bits per heavy atom. The number of carbonyl (C=O) groups is 1. The van der Waals surface area contributed by atoms with Gasteiger partial charge in [-0.2, -0.15) is 0 Å². The maximum absolute atomic E-state index is 11.4. The minimum Gasteiger partial charge on any atom is -0.383 e. The summed E-state index contributed by atoms with van der Waals surface area (Å²) in [5.74, 6) is 1.60. The number of amides is 1. The predicted molar refractivity (Wildman–Crippen MR) is 80.8 cm³/mol. The first kappa shape index (κ1) is 16.8. The van der Waals surface area contributed by atoms with Crippen LogP contribution in [0.15, 0.2) is 4.99 Å². The van der Waals surface area contributed by atoms with Gasteiger partial charge >= 0.3 is 0 Å². The van der Waals surface area contributed by atoms with E-state index in [-0.39, 0.29) is 5.91 Å². The third-order valence-electron chi connectivity index (χ3n) is 3.56. The molecule has 0 spiro atoms. The molecule has 0 bridgehead atoms. The molecule has 116 valence electrons. The minimum absolute atomic E-state index is 0.143. The summed E-state index contributed by atoms with van der Waals surface area (Å²) in [6.07, 6.45) is 2.73. The van der Waals surface area contributed by atoms with Gasteiger partial charge in [0.1, 0.15) is 0 Å². The topological polar surface area (TPSA) is 66.0 Å². The molecule has 0 aromatic carbocycles. The summed E-state index contributed by atoms with van der Waals surface area (Å²) >= 11 is 0. The summed E-state index contributed by atoms with van der Waals surface area (Å²) in [7, 11) is 3.38. The summed E-state index contributed by atoms with van der Waals surface area (Å²) in [4.78, 5) is 18.2. The molecule has 6 nitrogen and oxygen atoms in total. The van der Waals surface area contributed by atoms with E-state index in [0.717, 1.165) is 38.4 Å². The van der Waals surface area contributed by atoms with Crippen LogP contribution in [-0.4, -0.2) is 63.7 Å². The minimum atomic E-state index is 0.143. The van der Waals surface area contributed by atoms with Gasteiger partial charge in [0.05, 0.1) is 13.2 Å². The third-order valence-corrected chi connectivity index (χ3v) is 3.56. The van der Waals surface area contributed by atoms with Crippen LogP contribution in [0, 0.1) is 5.92 Å². The molecule has 1 rings (SSSR count). The molecule has 1 saturated heterocycles. The zero-order valence-corrected chi connectivity index (χ0v) is 12.9. The Morgan fingerprint density at radius 2 is 2.10 bits per heavy atom. The normalized spacial score (nSPS) is 17.1. The van der Waals surface area contributed by atoms with E-state index in [1.165, 1.54) is 0 Å². The Labute approximate surface area is 122 Å². The number of carbonyl (C=O) groups excluding carboxylic acids is 1. The van der Waals surface area contributed by atoms with Crippen molar-refractivity contribution in [3.8, 4) is 0 Å². The summed E-state index contributed by atoms with van der Waals surface area (Å²) in [5, 5.41) is 6.02. The lowest BCUT2D eigenvalue weighted by Crippen LogP contribution is -2.46. The Kier molecular flexibility index (Phi) is 8.02. The summed E-state index contributed by atoms with van der Waals surface area (Å²) in [6.45, 7) is 6.17. The van der Waals surface area contributed by atoms with Crippen LogP contribution in [0.25, 0.3) is 0 Å². The van der Waals surface area contributed by atoms with Gasteiger partial charge in [-0.1, -0.05) is 0 Å². The fourth-order valence-electron chi connectivity index (χ4n) is 2.38. The lowest BCUT2D eigenvalue weighted by molar-refractivity contribution is -0.121. The lowest BCUT2D eigenvalue weighted by atomic mass is 9.93. The van der Waals surface area contributed by atoms with Crippen molar-refractivity contribution in [2.75, 3.05) is 46.9 Å². The van der Waals surface area contributed by atoms with Gasteiger partial charge in [-0.05, 0) is 25.7 Å². The second kappa shape index (κ2) is 9.58. The average Bonchev–Trinajstić information content (AvgIpc) is 2.47. The average molecular weight is 284 g/mol. The highest BCUT2D eigenvalue weighted by atomic mass is 16.5. The van der Waals surface area contributed by atoms with Crippen molar-refractivity contribution in [2.45, 2.75) is 26.2 Å². The van der Waals surface area contributed by atoms with Crippen LogP contribution >= 0.6 is 0 Å². The van der Waals surface area contributed by atoms with E-state index in [9.17, 15) is 4.79 Å². The van der Waals surface area contributed by atoms with Gasteiger partial charge in [0.15, 0.2) is 5.96 Å². The van der Waals surface area contributed by atoms with Crippen LogP contribution in [0.5, 0.6) is 0 Å². The molecule has 1 aliphatic heterocycles. The van der Waals surface area contributed by atoms with Gasteiger partial charge in [0, 0.05) is 40.2 Å². The highest BCUT2D eigenvalue weighted by molar-refractivity contribution is 5.80. The quantitative estimate of drug-likeness (QED) is 0.422. The van der Waals surface area contributed by atoms with Crippen LogP contribution in [0.4, 0.5) is 0 Å². The summed E-state index contributed by atoms with van der Waals surface area (Å²) in [5.41, 5.74) is 0. The van der Waals surface area contributed by atoms with Crippen LogP contribution < -0.4 is 10.6 Å². The van der Waals surface area contributed by atoms with E-state index >= 15 is 0 Å². The molecule has 1 fully saturated rings. The smallest absolute Gasteiger partial charge is 0.220 e. The van der Waals surface area contributed by atoms with Crippen molar-refractivity contribution in [3.05, 3.63) is 0 Å². The molecule has 2 N–H and O–H groups in total. The number of likely N-dealkylation sites (tertiary alicyclic amines) is 1. The monoisotopic (exact) mass is 284 g/mol. The Balaban J connectivity index is 2.43. The van der Waals surface area contributed by atoms with Crippen molar-refractivity contribution in [2.24, 2.45) is 10.9 Å². The van der Waals surface area contributed by atoms with E-state index in [0.29, 0.717) is 25.5 Å². The molecular formula is C14H28N4O2. The Bertz CT molecular complexity index is 312. The molecule has 1 heterocycles. The van der Waals surface area contributed by atoms with E-state index in [1.54, 1.807) is 14.2 Å². The van der Waals surface area contributed by atoms with Gasteiger partial charge in [-0.3, -0.25) is 9.79 Å². The van der Waals surface area contributed by atoms with Crippen molar-refractivity contribution in [1.29, 1.82) is 0 Å². The number of piperidine rings is 1. The number of methoxy groups -OCH3 is 1. The predicted octanol–water partition coefficient (Wildman–Crippen LogP) is 0.446. The fraction of sp³-hybridized carbons (Fsp3) is 0.857. The number of aliphatic imine (C=N–C) groups is 1. The fourth-order valence-corrected chi connectivity index (χ4v) is 2.38. The van der Waals surface area contributed by atoms with Crippen molar-refractivity contribution in [3.63, 3.8) is 0 Å². The molecule has 1 aliphatic rings. The summed E-state index contributed by atoms with van der Waals surface area (Å²) in [6, 6.07) is 0. The highest BCUT2D eigenvalue weighted by Gasteiger charge is 2.22. The second-order valence-corrected chi connectivity index (χ2v) is 5.04. The number of nitrogens with one attached hydrogen (secondary N) is 2. The third kappa shape index (κ3) is 5.77. The lowest BCUT2D eigenvalue weighted by Gasteiger charge is -2.34.